The Labute approximate surface area is 92.2 Å². The van der Waals surface area contributed by atoms with Crippen LogP contribution in [-0.2, 0) is 13.5 Å². The first-order chi connectivity index (χ1) is 7.29. The van der Waals surface area contributed by atoms with E-state index in [4.69, 9.17) is 0 Å². The molecule has 0 aromatic carbocycles. The molecule has 5 nitrogen and oxygen atoms in total. The molecule has 0 aliphatic carbocycles. The van der Waals surface area contributed by atoms with E-state index in [0.717, 1.165) is 12.1 Å². The second-order valence-corrected chi connectivity index (χ2v) is 4.25. The minimum absolute atomic E-state index is 0.272. The zero-order chi connectivity index (χ0) is 10.7. The maximum Gasteiger partial charge on any atom is 0.0846 e. The highest BCUT2D eigenvalue weighted by atomic mass is 32.1. The summed E-state index contributed by atoms with van der Waals surface area (Å²) >= 11 is 1.65. The SMILES string of the molecule is CNC(Cc1cn(C)nn1)c1cncs1. The van der Waals surface area contributed by atoms with Gasteiger partial charge in [0.1, 0.15) is 0 Å². The van der Waals surface area contributed by atoms with E-state index >= 15 is 0 Å². The molecule has 6 heteroatoms. The maximum atomic E-state index is 4.08. The van der Waals surface area contributed by atoms with Crippen molar-refractivity contribution in [3.63, 3.8) is 0 Å². The lowest BCUT2D eigenvalue weighted by atomic mass is 10.1. The molecule has 80 valence electrons. The lowest BCUT2D eigenvalue weighted by molar-refractivity contribution is 0.592. The van der Waals surface area contributed by atoms with Gasteiger partial charge in [0.25, 0.3) is 0 Å². The van der Waals surface area contributed by atoms with Crippen molar-refractivity contribution in [1.29, 1.82) is 0 Å². The second kappa shape index (κ2) is 4.50. The molecule has 0 aliphatic rings. The minimum Gasteiger partial charge on any atom is -0.312 e. The molecule has 2 heterocycles. The average molecular weight is 223 g/mol. The van der Waals surface area contributed by atoms with E-state index in [1.807, 2.05) is 32.0 Å². The molecule has 0 amide bonds. The molecule has 0 bridgehead atoms. The molecule has 0 fully saturated rings. The van der Waals surface area contributed by atoms with E-state index in [1.165, 1.54) is 4.88 Å². The topological polar surface area (TPSA) is 55.6 Å². The quantitative estimate of drug-likeness (QED) is 0.832. The van der Waals surface area contributed by atoms with E-state index in [-0.39, 0.29) is 6.04 Å². The minimum atomic E-state index is 0.272. The van der Waals surface area contributed by atoms with Gasteiger partial charge in [-0.3, -0.25) is 9.67 Å². The highest BCUT2D eigenvalue weighted by Gasteiger charge is 2.13. The summed E-state index contributed by atoms with van der Waals surface area (Å²) < 4.78 is 1.72. The number of rotatable bonds is 4. The Morgan fingerprint density at radius 2 is 2.47 bits per heavy atom. The monoisotopic (exact) mass is 223 g/mol. The Morgan fingerprint density at radius 1 is 1.60 bits per heavy atom. The summed E-state index contributed by atoms with van der Waals surface area (Å²) in [6.45, 7) is 0. The fourth-order valence-corrected chi connectivity index (χ4v) is 2.17. The van der Waals surface area contributed by atoms with Gasteiger partial charge in [-0.05, 0) is 7.05 Å². The van der Waals surface area contributed by atoms with Crippen molar-refractivity contribution in [3.8, 4) is 0 Å². The van der Waals surface area contributed by atoms with Gasteiger partial charge in [0, 0.05) is 36.8 Å². The normalized spacial score (nSPS) is 12.9. The fourth-order valence-electron chi connectivity index (χ4n) is 1.44. The number of hydrogen-bond acceptors (Lipinski definition) is 5. The summed E-state index contributed by atoms with van der Waals surface area (Å²) in [5.74, 6) is 0. The number of thiazole rings is 1. The van der Waals surface area contributed by atoms with Gasteiger partial charge in [-0.1, -0.05) is 5.21 Å². The van der Waals surface area contributed by atoms with E-state index < -0.39 is 0 Å². The van der Waals surface area contributed by atoms with E-state index in [2.05, 4.69) is 20.6 Å². The number of aryl methyl sites for hydroxylation is 1. The third-order valence-corrected chi connectivity index (χ3v) is 3.10. The van der Waals surface area contributed by atoms with Crippen molar-refractivity contribution in [2.24, 2.45) is 7.05 Å². The summed E-state index contributed by atoms with van der Waals surface area (Å²) in [7, 11) is 3.82. The lowest BCUT2D eigenvalue weighted by Crippen LogP contribution is -2.17. The number of hydrogen-bond donors (Lipinski definition) is 1. The lowest BCUT2D eigenvalue weighted by Gasteiger charge is -2.11. The van der Waals surface area contributed by atoms with Crippen molar-refractivity contribution in [2.75, 3.05) is 7.05 Å². The smallest absolute Gasteiger partial charge is 0.0846 e. The number of nitrogens with zero attached hydrogens (tertiary/aromatic N) is 4. The molecule has 1 unspecified atom stereocenters. The Bertz CT molecular complexity index is 408. The molecular weight excluding hydrogens is 210 g/mol. The first kappa shape index (κ1) is 10.3. The average Bonchev–Trinajstić information content (AvgIpc) is 2.85. The molecular formula is C9H13N5S. The highest BCUT2D eigenvalue weighted by Crippen LogP contribution is 2.19. The van der Waals surface area contributed by atoms with E-state index in [1.54, 1.807) is 16.0 Å². The maximum absolute atomic E-state index is 4.08. The van der Waals surface area contributed by atoms with Gasteiger partial charge in [-0.25, -0.2) is 0 Å². The molecule has 0 saturated heterocycles. The van der Waals surface area contributed by atoms with Gasteiger partial charge in [0.2, 0.25) is 0 Å². The van der Waals surface area contributed by atoms with Gasteiger partial charge in [0.15, 0.2) is 0 Å². The molecule has 1 atom stereocenters. The molecule has 1 N–H and O–H groups in total. The first-order valence-corrected chi connectivity index (χ1v) is 5.58. The molecule has 15 heavy (non-hydrogen) atoms. The Kier molecular flexibility index (Phi) is 3.08. The van der Waals surface area contributed by atoms with Crippen LogP contribution in [0.5, 0.6) is 0 Å². The van der Waals surface area contributed by atoms with Crippen LogP contribution in [0.1, 0.15) is 16.6 Å². The Hall–Kier alpha value is -1.27. The molecule has 0 radical (unpaired) electrons. The van der Waals surface area contributed by atoms with Crippen LogP contribution in [0.4, 0.5) is 0 Å². The van der Waals surface area contributed by atoms with Gasteiger partial charge < -0.3 is 5.32 Å². The summed E-state index contributed by atoms with van der Waals surface area (Å²) in [5.41, 5.74) is 2.83. The van der Waals surface area contributed by atoms with Crippen molar-refractivity contribution in [1.82, 2.24) is 25.3 Å². The Morgan fingerprint density at radius 3 is 3.00 bits per heavy atom. The largest absolute Gasteiger partial charge is 0.312 e. The zero-order valence-corrected chi connectivity index (χ0v) is 9.53. The summed E-state index contributed by atoms with van der Waals surface area (Å²) in [6, 6.07) is 0.272. The third kappa shape index (κ3) is 2.40. The van der Waals surface area contributed by atoms with Gasteiger partial charge >= 0.3 is 0 Å². The first-order valence-electron chi connectivity index (χ1n) is 4.70. The molecule has 0 aliphatic heterocycles. The molecule has 2 aromatic heterocycles. The second-order valence-electron chi connectivity index (χ2n) is 3.33. The molecule has 0 saturated carbocycles. The number of likely N-dealkylation sites (N-methyl/N-ethyl adjacent to an activating group) is 1. The van der Waals surface area contributed by atoms with Crippen LogP contribution >= 0.6 is 11.3 Å². The standard InChI is InChI=1S/C9H13N5S/c1-10-8(9-4-11-6-15-9)3-7-5-14(2)13-12-7/h4-6,8,10H,3H2,1-2H3. The summed E-state index contributed by atoms with van der Waals surface area (Å²) in [6.07, 6.45) is 4.67. The predicted octanol–water partition coefficient (Wildman–Crippen LogP) is 0.775. The number of aromatic nitrogens is 4. The fraction of sp³-hybridized carbons (Fsp3) is 0.444. The highest BCUT2D eigenvalue weighted by molar-refractivity contribution is 7.09. The van der Waals surface area contributed by atoms with Crippen molar-refractivity contribution < 1.29 is 0 Å². The summed E-state index contributed by atoms with van der Waals surface area (Å²) in [4.78, 5) is 5.30. The molecule has 2 rings (SSSR count). The van der Waals surface area contributed by atoms with Crippen molar-refractivity contribution in [3.05, 3.63) is 28.5 Å². The van der Waals surface area contributed by atoms with E-state index in [9.17, 15) is 0 Å². The van der Waals surface area contributed by atoms with Crippen LogP contribution in [-0.4, -0.2) is 27.0 Å². The van der Waals surface area contributed by atoms with Crippen molar-refractivity contribution in [2.45, 2.75) is 12.5 Å². The van der Waals surface area contributed by atoms with Crippen LogP contribution in [0.15, 0.2) is 17.9 Å². The van der Waals surface area contributed by atoms with Gasteiger partial charge in [-0.2, -0.15) is 0 Å². The predicted molar refractivity (Wildman–Crippen MR) is 58.6 cm³/mol. The summed E-state index contributed by atoms with van der Waals surface area (Å²) in [5, 5.41) is 11.2. The van der Waals surface area contributed by atoms with Crippen LogP contribution in [0.25, 0.3) is 0 Å². The molecule has 0 spiro atoms. The number of nitrogens with one attached hydrogen (secondary N) is 1. The third-order valence-electron chi connectivity index (χ3n) is 2.21. The van der Waals surface area contributed by atoms with Crippen molar-refractivity contribution >= 4 is 11.3 Å². The van der Waals surface area contributed by atoms with Gasteiger partial charge in [0.05, 0.1) is 11.2 Å². The zero-order valence-electron chi connectivity index (χ0n) is 8.71. The van der Waals surface area contributed by atoms with Crippen LogP contribution in [0, 0.1) is 0 Å². The van der Waals surface area contributed by atoms with Crippen LogP contribution in [0.3, 0.4) is 0 Å². The Balaban J connectivity index is 2.09. The van der Waals surface area contributed by atoms with Crippen LogP contribution in [0.2, 0.25) is 0 Å². The van der Waals surface area contributed by atoms with Crippen LogP contribution < -0.4 is 5.32 Å². The molecule has 2 aromatic rings. The van der Waals surface area contributed by atoms with Gasteiger partial charge in [-0.15, -0.1) is 16.4 Å². The van der Waals surface area contributed by atoms with E-state index in [0.29, 0.717) is 0 Å².